The molecule has 0 aliphatic heterocycles. The van der Waals surface area contributed by atoms with Crippen LogP contribution in [0.4, 0.5) is 13.2 Å². The molecule has 1 unspecified atom stereocenters. The van der Waals surface area contributed by atoms with Crippen LogP contribution in [0.15, 0.2) is 54.6 Å². The number of esters is 1. The Morgan fingerprint density at radius 1 is 1.04 bits per heavy atom. The van der Waals surface area contributed by atoms with Crippen LogP contribution in [0.25, 0.3) is 0 Å². The molecule has 1 N–H and O–H groups in total. The van der Waals surface area contributed by atoms with E-state index in [0.29, 0.717) is 5.75 Å². The Morgan fingerprint density at radius 3 is 2.27 bits per heavy atom. The molecule has 26 heavy (non-hydrogen) atoms. The van der Waals surface area contributed by atoms with Crippen LogP contribution in [0.2, 0.25) is 0 Å². The SMILES string of the molecule is COC(=O)C(C)(COc1ccccc1)NCc1ccccc1C(F)(F)F. The molecule has 2 aromatic carbocycles. The second-order valence-electron chi connectivity index (χ2n) is 5.93. The van der Waals surface area contributed by atoms with E-state index in [1.807, 2.05) is 6.07 Å². The van der Waals surface area contributed by atoms with E-state index in [1.54, 1.807) is 24.3 Å². The average Bonchev–Trinajstić information content (AvgIpc) is 2.64. The molecule has 7 heteroatoms. The van der Waals surface area contributed by atoms with Gasteiger partial charge < -0.3 is 9.47 Å². The molecule has 0 aliphatic rings. The fraction of sp³-hybridized carbons (Fsp3) is 0.316. The van der Waals surface area contributed by atoms with Gasteiger partial charge in [0, 0.05) is 6.54 Å². The van der Waals surface area contributed by atoms with Crippen LogP contribution >= 0.6 is 0 Å². The molecule has 0 saturated carbocycles. The highest BCUT2D eigenvalue weighted by atomic mass is 19.4. The number of para-hydroxylation sites is 1. The Labute approximate surface area is 149 Å². The first-order valence-electron chi connectivity index (χ1n) is 7.92. The number of benzene rings is 2. The normalized spacial score (nSPS) is 13.7. The fourth-order valence-corrected chi connectivity index (χ4v) is 2.39. The van der Waals surface area contributed by atoms with Crippen molar-refractivity contribution in [3.63, 3.8) is 0 Å². The minimum absolute atomic E-state index is 0.0369. The maximum atomic E-state index is 13.1. The number of nitrogens with one attached hydrogen (secondary N) is 1. The summed E-state index contributed by atoms with van der Waals surface area (Å²) in [5.41, 5.74) is -2.03. The summed E-state index contributed by atoms with van der Waals surface area (Å²) in [6, 6.07) is 14.0. The predicted molar refractivity (Wildman–Crippen MR) is 90.6 cm³/mol. The number of methoxy groups -OCH3 is 1. The molecule has 0 saturated heterocycles. The van der Waals surface area contributed by atoms with Gasteiger partial charge in [0.1, 0.15) is 17.9 Å². The van der Waals surface area contributed by atoms with Crippen LogP contribution in [0.3, 0.4) is 0 Å². The van der Waals surface area contributed by atoms with Crippen molar-refractivity contribution in [3.05, 3.63) is 65.7 Å². The Bertz CT molecular complexity index is 734. The topological polar surface area (TPSA) is 47.6 Å². The molecule has 0 spiro atoms. The number of halogens is 3. The number of carbonyl (C=O) groups excluding carboxylic acids is 1. The number of alkyl halides is 3. The number of rotatable bonds is 7. The Hall–Kier alpha value is -2.54. The summed E-state index contributed by atoms with van der Waals surface area (Å²) in [6.07, 6.45) is -4.47. The highest BCUT2D eigenvalue weighted by Crippen LogP contribution is 2.32. The van der Waals surface area contributed by atoms with Crippen LogP contribution < -0.4 is 10.1 Å². The van der Waals surface area contributed by atoms with Gasteiger partial charge >= 0.3 is 12.1 Å². The lowest BCUT2D eigenvalue weighted by atomic mass is 10.0. The third-order valence-electron chi connectivity index (χ3n) is 3.90. The summed E-state index contributed by atoms with van der Waals surface area (Å²) in [5, 5.41) is 2.85. The lowest BCUT2D eigenvalue weighted by Crippen LogP contribution is -2.54. The Balaban J connectivity index is 2.15. The molecule has 2 aromatic rings. The molecule has 0 heterocycles. The predicted octanol–water partition coefficient (Wildman–Crippen LogP) is 3.81. The zero-order valence-electron chi connectivity index (χ0n) is 14.5. The van der Waals surface area contributed by atoms with Crippen molar-refractivity contribution < 1.29 is 27.4 Å². The van der Waals surface area contributed by atoms with Crippen molar-refractivity contribution in [2.75, 3.05) is 13.7 Å². The first kappa shape index (κ1) is 19.8. The van der Waals surface area contributed by atoms with E-state index >= 15 is 0 Å². The van der Waals surface area contributed by atoms with Gasteiger partial charge in [0.25, 0.3) is 0 Å². The molecule has 4 nitrogen and oxygen atoms in total. The zero-order valence-corrected chi connectivity index (χ0v) is 14.5. The van der Waals surface area contributed by atoms with Gasteiger partial charge in [0.15, 0.2) is 0 Å². The van der Waals surface area contributed by atoms with Gasteiger partial charge in [-0.3, -0.25) is 5.32 Å². The van der Waals surface area contributed by atoms with Crippen LogP contribution in [-0.2, 0) is 22.3 Å². The summed E-state index contributed by atoms with van der Waals surface area (Å²) in [7, 11) is 1.22. The van der Waals surface area contributed by atoms with Crippen LogP contribution in [0.1, 0.15) is 18.1 Å². The molecular weight excluding hydrogens is 347 g/mol. The van der Waals surface area contributed by atoms with Gasteiger partial charge in [-0.1, -0.05) is 36.4 Å². The van der Waals surface area contributed by atoms with E-state index in [4.69, 9.17) is 9.47 Å². The molecule has 1 atom stereocenters. The molecule has 0 bridgehead atoms. The molecule has 2 rings (SSSR count). The van der Waals surface area contributed by atoms with Gasteiger partial charge in [0.2, 0.25) is 0 Å². The summed E-state index contributed by atoms with van der Waals surface area (Å²) < 4.78 is 49.7. The van der Waals surface area contributed by atoms with Gasteiger partial charge in [-0.15, -0.1) is 0 Å². The second-order valence-corrected chi connectivity index (χ2v) is 5.93. The van der Waals surface area contributed by atoms with Crippen molar-refractivity contribution in [3.8, 4) is 5.75 Å². The highest BCUT2D eigenvalue weighted by Gasteiger charge is 2.37. The van der Waals surface area contributed by atoms with Gasteiger partial charge in [-0.05, 0) is 30.7 Å². The average molecular weight is 367 g/mol. The van der Waals surface area contributed by atoms with Crippen molar-refractivity contribution >= 4 is 5.97 Å². The second kappa shape index (κ2) is 8.23. The van der Waals surface area contributed by atoms with E-state index in [9.17, 15) is 18.0 Å². The lowest BCUT2D eigenvalue weighted by Gasteiger charge is -2.28. The van der Waals surface area contributed by atoms with Gasteiger partial charge in [-0.25, -0.2) is 4.79 Å². The molecule has 0 aromatic heterocycles. The summed E-state index contributed by atoms with van der Waals surface area (Å²) in [4.78, 5) is 12.2. The molecule has 140 valence electrons. The van der Waals surface area contributed by atoms with Gasteiger partial charge in [-0.2, -0.15) is 13.2 Å². The lowest BCUT2D eigenvalue weighted by molar-refractivity contribution is -0.149. The van der Waals surface area contributed by atoms with Crippen molar-refractivity contribution in [1.82, 2.24) is 5.32 Å². The van der Waals surface area contributed by atoms with E-state index in [0.717, 1.165) is 6.07 Å². The first-order chi connectivity index (χ1) is 12.3. The first-order valence-corrected chi connectivity index (χ1v) is 7.92. The Morgan fingerprint density at radius 2 is 1.65 bits per heavy atom. The number of hydrogen-bond acceptors (Lipinski definition) is 4. The summed E-state index contributed by atoms with van der Waals surface area (Å²) in [5.74, 6) is -0.0851. The van der Waals surface area contributed by atoms with Crippen LogP contribution in [-0.4, -0.2) is 25.2 Å². The van der Waals surface area contributed by atoms with Crippen LogP contribution in [0, 0.1) is 0 Å². The molecular formula is C19H20F3NO3. The van der Waals surface area contributed by atoms with E-state index in [2.05, 4.69) is 5.32 Å². The highest BCUT2D eigenvalue weighted by molar-refractivity contribution is 5.80. The maximum absolute atomic E-state index is 13.1. The monoisotopic (exact) mass is 367 g/mol. The Kier molecular flexibility index (Phi) is 6.26. The number of ether oxygens (including phenoxy) is 2. The zero-order chi connectivity index (χ0) is 19.2. The van der Waals surface area contributed by atoms with Crippen LogP contribution in [0.5, 0.6) is 5.75 Å². The molecule has 0 aliphatic carbocycles. The molecule has 0 radical (unpaired) electrons. The van der Waals surface area contributed by atoms with E-state index in [-0.39, 0.29) is 18.7 Å². The fourth-order valence-electron chi connectivity index (χ4n) is 2.39. The summed E-state index contributed by atoms with van der Waals surface area (Å²) in [6.45, 7) is 1.26. The third-order valence-corrected chi connectivity index (χ3v) is 3.90. The van der Waals surface area contributed by atoms with Gasteiger partial charge in [0.05, 0.1) is 12.7 Å². The van der Waals surface area contributed by atoms with Crippen molar-refractivity contribution in [2.45, 2.75) is 25.2 Å². The minimum atomic E-state index is -4.47. The van der Waals surface area contributed by atoms with Crippen molar-refractivity contribution in [1.29, 1.82) is 0 Å². The number of carbonyl (C=O) groups is 1. The smallest absolute Gasteiger partial charge is 0.416 e. The maximum Gasteiger partial charge on any atom is 0.416 e. The molecule has 0 amide bonds. The summed E-state index contributed by atoms with van der Waals surface area (Å²) >= 11 is 0. The largest absolute Gasteiger partial charge is 0.491 e. The number of hydrogen-bond donors (Lipinski definition) is 1. The van der Waals surface area contributed by atoms with Crippen molar-refractivity contribution in [2.24, 2.45) is 0 Å². The molecule has 0 fully saturated rings. The quantitative estimate of drug-likeness (QED) is 0.756. The third kappa shape index (κ3) is 4.98. The minimum Gasteiger partial charge on any atom is -0.491 e. The standard InChI is InChI=1S/C19H20F3NO3/c1-18(17(24)25-2,13-26-15-9-4-3-5-10-15)23-12-14-8-6-7-11-16(14)19(20,21)22/h3-11,23H,12-13H2,1-2H3. The van der Waals surface area contributed by atoms with E-state index < -0.39 is 23.2 Å². The van der Waals surface area contributed by atoms with E-state index in [1.165, 1.54) is 32.2 Å².